The van der Waals surface area contributed by atoms with E-state index in [1.165, 1.54) is 16.8 Å². The van der Waals surface area contributed by atoms with E-state index >= 15 is 0 Å². The Balaban J connectivity index is 1.22. The van der Waals surface area contributed by atoms with E-state index in [4.69, 9.17) is 4.74 Å². The van der Waals surface area contributed by atoms with Crippen LogP contribution in [0.2, 0.25) is 0 Å². The summed E-state index contributed by atoms with van der Waals surface area (Å²) in [4.78, 5) is 20.6. The summed E-state index contributed by atoms with van der Waals surface area (Å²) >= 11 is 0. The lowest BCUT2D eigenvalue weighted by molar-refractivity contribution is -0.116. The summed E-state index contributed by atoms with van der Waals surface area (Å²) in [5.74, 6) is 1.51. The molecule has 0 aromatic heterocycles. The van der Waals surface area contributed by atoms with Crippen molar-refractivity contribution in [2.45, 2.75) is 38.8 Å². The SMILES string of the molecule is COc1ccccc1N1CCN([C@@H]2CCN(Cc3ccccc3)C[C@@H]2CCC(=O)Nc2ccc(C)cc2)CC1. The molecule has 2 fully saturated rings. The molecular weight excluding hydrogens is 484 g/mol. The number of nitrogens with zero attached hydrogens (tertiary/aromatic N) is 3. The van der Waals surface area contributed by atoms with E-state index in [1.807, 2.05) is 36.4 Å². The quantitative estimate of drug-likeness (QED) is 0.403. The van der Waals surface area contributed by atoms with E-state index < -0.39 is 0 Å². The molecule has 1 amide bonds. The molecular formula is C33H42N4O2. The number of amides is 1. The van der Waals surface area contributed by atoms with Crippen molar-refractivity contribution in [1.29, 1.82) is 0 Å². The Morgan fingerprint density at radius 3 is 2.36 bits per heavy atom. The van der Waals surface area contributed by atoms with Gasteiger partial charge in [-0.15, -0.1) is 0 Å². The second kappa shape index (κ2) is 13.1. The number of para-hydroxylation sites is 2. The number of hydrogen-bond acceptors (Lipinski definition) is 5. The molecule has 206 valence electrons. The summed E-state index contributed by atoms with van der Waals surface area (Å²) < 4.78 is 5.62. The molecule has 3 aromatic rings. The molecule has 6 nitrogen and oxygen atoms in total. The number of rotatable bonds is 9. The van der Waals surface area contributed by atoms with Crippen LogP contribution in [0.4, 0.5) is 11.4 Å². The van der Waals surface area contributed by atoms with Gasteiger partial charge in [-0.25, -0.2) is 0 Å². The van der Waals surface area contributed by atoms with Gasteiger partial charge in [-0.2, -0.15) is 0 Å². The Hall–Kier alpha value is -3.35. The van der Waals surface area contributed by atoms with Gasteiger partial charge in [-0.3, -0.25) is 14.6 Å². The average molecular weight is 527 g/mol. The molecule has 0 bridgehead atoms. The Kier molecular flexibility index (Phi) is 9.17. The molecule has 6 heteroatoms. The Morgan fingerprint density at radius 1 is 0.897 bits per heavy atom. The van der Waals surface area contributed by atoms with Crippen LogP contribution in [-0.2, 0) is 11.3 Å². The molecule has 2 atom stereocenters. The maximum absolute atomic E-state index is 12.9. The number of hydrogen-bond donors (Lipinski definition) is 1. The third kappa shape index (κ3) is 7.20. The first kappa shape index (κ1) is 27.2. The molecule has 0 unspecified atom stereocenters. The number of benzene rings is 3. The zero-order chi connectivity index (χ0) is 27.0. The van der Waals surface area contributed by atoms with E-state index in [9.17, 15) is 4.79 Å². The van der Waals surface area contributed by atoms with Crippen LogP contribution >= 0.6 is 0 Å². The number of likely N-dealkylation sites (tertiary alicyclic amines) is 1. The first-order valence-electron chi connectivity index (χ1n) is 14.3. The smallest absolute Gasteiger partial charge is 0.224 e. The topological polar surface area (TPSA) is 48.1 Å². The highest BCUT2D eigenvalue weighted by molar-refractivity contribution is 5.90. The number of methoxy groups -OCH3 is 1. The van der Waals surface area contributed by atoms with Gasteiger partial charge in [0.1, 0.15) is 5.75 Å². The second-order valence-electron chi connectivity index (χ2n) is 11.0. The Bertz CT molecular complexity index is 1190. The van der Waals surface area contributed by atoms with Crippen LogP contribution in [0.3, 0.4) is 0 Å². The van der Waals surface area contributed by atoms with Gasteiger partial charge in [0.15, 0.2) is 0 Å². The van der Waals surface area contributed by atoms with Gasteiger partial charge in [0.25, 0.3) is 0 Å². The fourth-order valence-electron chi connectivity index (χ4n) is 6.21. The number of nitrogens with one attached hydrogen (secondary N) is 1. The molecule has 0 saturated carbocycles. The van der Waals surface area contributed by atoms with Crippen LogP contribution in [0.25, 0.3) is 0 Å². The number of aryl methyl sites for hydroxylation is 1. The van der Waals surface area contributed by atoms with Crippen molar-refractivity contribution in [3.8, 4) is 5.75 Å². The zero-order valence-corrected chi connectivity index (χ0v) is 23.4. The molecule has 2 aliphatic rings. The van der Waals surface area contributed by atoms with Crippen LogP contribution in [0.15, 0.2) is 78.9 Å². The first-order valence-corrected chi connectivity index (χ1v) is 14.3. The van der Waals surface area contributed by atoms with Crippen LogP contribution < -0.4 is 15.0 Å². The molecule has 39 heavy (non-hydrogen) atoms. The van der Waals surface area contributed by atoms with E-state index in [2.05, 4.69) is 69.4 Å². The van der Waals surface area contributed by atoms with E-state index in [-0.39, 0.29) is 5.91 Å². The summed E-state index contributed by atoms with van der Waals surface area (Å²) in [6.07, 6.45) is 2.60. The lowest BCUT2D eigenvalue weighted by atomic mass is 9.86. The van der Waals surface area contributed by atoms with Gasteiger partial charge < -0.3 is 15.0 Å². The maximum Gasteiger partial charge on any atom is 0.224 e. The van der Waals surface area contributed by atoms with Crippen molar-refractivity contribution in [1.82, 2.24) is 9.80 Å². The largest absolute Gasteiger partial charge is 0.495 e. The fraction of sp³-hybridized carbons (Fsp3) is 0.424. The number of piperazine rings is 1. The minimum Gasteiger partial charge on any atom is -0.495 e. The van der Waals surface area contributed by atoms with Crippen LogP contribution in [-0.4, -0.2) is 68.1 Å². The zero-order valence-electron chi connectivity index (χ0n) is 23.4. The second-order valence-corrected chi connectivity index (χ2v) is 11.0. The molecule has 2 aliphatic heterocycles. The van der Waals surface area contributed by atoms with Gasteiger partial charge in [0, 0.05) is 57.4 Å². The number of piperidine rings is 1. The van der Waals surface area contributed by atoms with Crippen molar-refractivity contribution >= 4 is 17.3 Å². The fourth-order valence-corrected chi connectivity index (χ4v) is 6.21. The van der Waals surface area contributed by atoms with Crippen molar-refractivity contribution < 1.29 is 9.53 Å². The average Bonchev–Trinajstić information content (AvgIpc) is 2.98. The van der Waals surface area contributed by atoms with Crippen LogP contribution in [0.1, 0.15) is 30.4 Å². The van der Waals surface area contributed by atoms with Gasteiger partial charge in [-0.05, 0) is 62.1 Å². The predicted molar refractivity (Wildman–Crippen MR) is 159 cm³/mol. The predicted octanol–water partition coefficient (Wildman–Crippen LogP) is 5.44. The van der Waals surface area contributed by atoms with E-state index in [0.717, 1.165) is 70.1 Å². The molecule has 2 saturated heterocycles. The van der Waals surface area contributed by atoms with Crippen LogP contribution in [0.5, 0.6) is 5.75 Å². The summed E-state index contributed by atoms with van der Waals surface area (Å²) in [5, 5.41) is 3.10. The van der Waals surface area contributed by atoms with Crippen molar-refractivity contribution in [3.63, 3.8) is 0 Å². The van der Waals surface area contributed by atoms with Gasteiger partial charge >= 0.3 is 0 Å². The van der Waals surface area contributed by atoms with Crippen LogP contribution in [0, 0.1) is 12.8 Å². The normalized spacial score (nSPS) is 20.5. The number of carbonyl (C=O) groups excluding carboxylic acids is 1. The third-order valence-electron chi connectivity index (χ3n) is 8.31. The molecule has 5 rings (SSSR count). The summed E-state index contributed by atoms with van der Waals surface area (Å²) in [5.41, 5.74) is 4.62. The van der Waals surface area contributed by atoms with Crippen molar-refractivity contribution in [3.05, 3.63) is 90.0 Å². The van der Waals surface area contributed by atoms with E-state index in [0.29, 0.717) is 18.4 Å². The molecule has 0 aliphatic carbocycles. The summed E-state index contributed by atoms with van der Waals surface area (Å²) in [6, 6.07) is 27.6. The van der Waals surface area contributed by atoms with E-state index in [1.54, 1.807) is 7.11 Å². The number of anilines is 2. The van der Waals surface area contributed by atoms with Gasteiger partial charge in [-0.1, -0.05) is 60.2 Å². The molecule has 1 N–H and O–H groups in total. The van der Waals surface area contributed by atoms with Gasteiger partial charge in [0.05, 0.1) is 12.8 Å². The summed E-state index contributed by atoms with van der Waals surface area (Å²) in [6.45, 7) is 9.22. The molecule has 2 heterocycles. The van der Waals surface area contributed by atoms with Gasteiger partial charge in [0.2, 0.25) is 5.91 Å². The minimum absolute atomic E-state index is 0.110. The standard InChI is InChI=1S/C33H42N4O2/c1-26-12-15-29(16-13-26)34-33(38)17-14-28-25-35(24-27-8-4-3-5-9-27)19-18-30(28)36-20-22-37(23-21-36)31-10-6-7-11-32(31)39-2/h3-13,15-16,28,30H,14,17-25H2,1-2H3,(H,34,38)/t28-,30+/m0/s1. The lowest BCUT2D eigenvalue weighted by Gasteiger charge is -2.47. The maximum atomic E-state index is 12.9. The number of carbonyl (C=O) groups is 1. The third-order valence-corrected chi connectivity index (χ3v) is 8.31. The minimum atomic E-state index is 0.110. The first-order chi connectivity index (χ1) is 19.1. The molecule has 0 spiro atoms. The Morgan fingerprint density at radius 2 is 1.62 bits per heavy atom. The Labute approximate surface area is 233 Å². The highest BCUT2D eigenvalue weighted by Gasteiger charge is 2.35. The monoisotopic (exact) mass is 526 g/mol. The number of ether oxygens (including phenoxy) is 1. The summed E-state index contributed by atoms with van der Waals surface area (Å²) in [7, 11) is 1.75. The van der Waals surface area contributed by atoms with Crippen molar-refractivity contribution in [2.75, 3.05) is 56.6 Å². The van der Waals surface area contributed by atoms with Crippen molar-refractivity contribution in [2.24, 2.45) is 5.92 Å². The highest BCUT2D eigenvalue weighted by Crippen LogP contribution is 2.32. The molecule has 3 aromatic carbocycles. The molecule has 0 radical (unpaired) electrons. The highest BCUT2D eigenvalue weighted by atomic mass is 16.5. The lowest BCUT2D eigenvalue weighted by Crippen LogP contribution is -2.56.